The van der Waals surface area contributed by atoms with Crippen LogP contribution >= 0.6 is 0 Å². The van der Waals surface area contributed by atoms with Crippen LogP contribution in [-0.4, -0.2) is 89.9 Å². The molecular weight excluding hydrogens is 1120 g/mol. The molecule has 0 aromatic heterocycles. The number of hydrogen-bond donors (Lipinski definition) is 15. The van der Waals surface area contributed by atoms with Gasteiger partial charge in [-0.25, -0.2) is 33.6 Å². The van der Waals surface area contributed by atoms with Crippen LogP contribution in [0.1, 0.15) is 120 Å². The van der Waals surface area contributed by atoms with Gasteiger partial charge in [-0.05, 0) is 131 Å². The van der Waals surface area contributed by atoms with E-state index in [-0.39, 0.29) is 62.7 Å². The van der Waals surface area contributed by atoms with Crippen molar-refractivity contribution < 1.29 is 95.6 Å². The summed E-state index contributed by atoms with van der Waals surface area (Å²) in [6, 6.07) is 25.5. The molecule has 0 heterocycles. The topological polar surface area (TPSA) is 469 Å². The van der Waals surface area contributed by atoms with Crippen molar-refractivity contribution in [3.63, 3.8) is 0 Å². The minimum absolute atomic E-state index is 0.0180. The molecule has 0 saturated carbocycles. The molecule has 0 saturated heterocycles. The molecule has 7 rings (SSSR count). The molecule has 0 aliphatic heterocycles. The van der Waals surface area contributed by atoms with Crippen LogP contribution in [0.4, 0.5) is 71.8 Å². The van der Waals surface area contributed by atoms with Gasteiger partial charge >= 0.3 is 54.1 Å². The number of benzene rings is 7. The molecule has 0 atom stereocenters. The van der Waals surface area contributed by atoms with E-state index < -0.39 is 98.6 Å². The summed E-state index contributed by atoms with van der Waals surface area (Å²) in [5.74, 6) is -9.12. The minimum atomic E-state index is -6.04. The molecule has 28 heteroatoms. The zero-order valence-corrected chi connectivity index (χ0v) is 43.7. The number of carboxylic acid groups (broad SMARTS) is 7. The largest absolute Gasteiger partial charge is 0.478 e. The molecule has 7 aromatic carbocycles. The fourth-order valence-electron chi connectivity index (χ4n) is 8.19. The van der Waals surface area contributed by atoms with Crippen molar-refractivity contribution in [1.82, 2.24) is 0 Å². The van der Waals surface area contributed by atoms with E-state index in [0.29, 0.717) is 53.2 Å². The fourth-order valence-corrected chi connectivity index (χ4v) is 8.19. The first-order valence-electron chi connectivity index (χ1n) is 23.6. The molecule has 0 aliphatic carbocycles. The van der Waals surface area contributed by atoms with E-state index in [1.165, 1.54) is 66.7 Å². The van der Waals surface area contributed by atoms with Gasteiger partial charge < -0.3 is 81.6 Å². The number of halogens is 6. The van der Waals surface area contributed by atoms with Crippen molar-refractivity contribution >= 4 is 87.3 Å². The van der Waals surface area contributed by atoms with Crippen molar-refractivity contribution in [1.29, 1.82) is 0 Å². The van der Waals surface area contributed by atoms with Crippen LogP contribution in [0.2, 0.25) is 0 Å². The Kier molecular flexibility index (Phi) is 19.8. The van der Waals surface area contributed by atoms with Gasteiger partial charge in [-0.1, -0.05) is 50.2 Å². The highest BCUT2D eigenvalue weighted by atomic mass is 19.4. The third-order valence-electron chi connectivity index (χ3n) is 12.6. The molecule has 0 radical (unpaired) electrons. The molecule has 23 N–H and O–H groups in total. The van der Waals surface area contributed by atoms with Crippen LogP contribution in [0.3, 0.4) is 0 Å². The molecule has 7 aromatic rings. The lowest BCUT2D eigenvalue weighted by Gasteiger charge is -2.38. The first-order chi connectivity index (χ1) is 38.8. The fraction of sp³-hybridized carbons (Fsp3) is 0.125. The van der Waals surface area contributed by atoms with Gasteiger partial charge in [0.15, 0.2) is 0 Å². The zero-order chi connectivity index (χ0) is 63.7. The quantitative estimate of drug-likeness (QED) is 0.0379. The average Bonchev–Trinajstić information content (AvgIpc) is 0.783. The van der Waals surface area contributed by atoms with E-state index in [2.05, 4.69) is 0 Å². The number of carboxylic acids is 7. The number of aromatic carboxylic acids is 7. The monoisotopic (exact) mass is 1170 g/mol. The molecule has 22 nitrogen and oxygen atoms in total. The van der Waals surface area contributed by atoms with E-state index in [9.17, 15) is 70.1 Å². The Balaban J connectivity index is 0.000000250. The molecule has 0 fully saturated rings. The van der Waals surface area contributed by atoms with Crippen molar-refractivity contribution in [2.75, 3.05) is 45.9 Å². The van der Waals surface area contributed by atoms with Gasteiger partial charge in [-0.3, -0.25) is 0 Å². The van der Waals surface area contributed by atoms with Gasteiger partial charge in [0.25, 0.3) is 0 Å². The highest BCUT2D eigenvalue weighted by Crippen LogP contribution is 2.57. The molecule has 84 heavy (non-hydrogen) atoms. The Morgan fingerprint density at radius 2 is 0.571 bits per heavy atom. The van der Waals surface area contributed by atoms with Crippen LogP contribution < -0.4 is 45.9 Å². The summed E-state index contributed by atoms with van der Waals surface area (Å²) in [6.07, 6.45) is -11.7. The lowest BCUT2D eigenvalue weighted by atomic mass is 9.72. The zero-order valence-electron chi connectivity index (χ0n) is 43.7. The first-order valence-corrected chi connectivity index (χ1v) is 23.6. The number of hydrogen-bond acceptors (Lipinski definition) is 15. The maximum Gasteiger partial charge on any atom is 0.411 e. The smallest absolute Gasteiger partial charge is 0.411 e. The van der Waals surface area contributed by atoms with Crippen LogP contribution in [0.5, 0.6) is 0 Å². The van der Waals surface area contributed by atoms with Crippen molar-refractivity contribution in [2.24, 2.45) is 0 Å². The number of alkyl halides is 6. The van der Waals surface area contributed by atoms with Gasteiger partial charge in [-0.15, -0.1) is 0 Å². The summed E-state index contributed by atoms with van der Waals surface area (Å²) in [5.41, 5.74) is 37.1. The Labute approximate surface area is 470 Å². The van der Waals surface area contributed by atoms with E-state index in [1.807, 2.05) is 13.8 Å². The Bertz CT molecular complexity index is 3510. The lowest BCUT2D eigenvalue weighted by Crippen LogP contribution is -2.55. The second kappa shape index (κ2) is 25.5. The maximum atomic E-state index is 14.0. The Morgan fingerprint density at radius 1 is 0.333 bits per heavy atom. The standard InChI is InChI=1S/C17H12F6N2O4.C17H18N2O4.C15H14N2O4.C7H8N2O2/c18-16(19,20)15(17(21,22)23,7-1-3-11(24)9(5-7)13(26)27)8-2-4-12(25)10(6-8)14(28)29;1-17(2,9-3-5-13(18)11(7-9)15(20)21)10-4-6-14(19)12(8-10)16(22)23;16-12-3-1-8(6-10(12)14(18)19)5-9-2-4-13(17)11(7-9)15(20)21;8-5-1-4(7(10)11)2-6(9)3-5/h1-6H,24-25H2,(H,26,27)(H,28,29);3-8H,18-19H2,1-2H3,(H,20,21)(H,22,23);1-4,6-7H,5,16-17H2,(H,18,19)(H,20,21);1-3H,8-9H2,(H,10,11). The molecule has 0 amide bonds. The second-order valence-electron chi connectivity index (χ2n) is 18.6. The molecular formula is C56H52F6N8O14. The number of nitrogen functional groups attached to an aromatic ring is 8. The van der Waals surface area contributed by atoms with Crippen molar-refractivity contribution in [3.05, 3.63) is 200 Å². The SMILES string of the molecule is CC(C)(c1ccc(N)c(C(=O)O)c1)c1ccc(N)c(C(=O)O)c1.Nc1cc(N)cc(C(=O)O)c1.Nc1ccc(C(c2ccc(N)c(C(=O)O)c2)(C(F)(F)F)C(F)(F)F)cc1C(=O)O.Nc1ccc(Cc2ccc(N)c(C(=O)O)c2)cc1C(=O)O. The van der Waals surface area contributed by atoms with Crippen molar-refractivity contribution in [3.8, 4) is 0 Å². The van der Waals surface area contributed by atoms with Gasteiger partial charge in [0.05, 0.1) is 38.9 Å². The number of rotatable bonds is 13. The normalized spacial score (nSPS) is 11.2. The van der Waals surface area contributed by atoms with Gasteiger partial charge in [0.2, 0.25) is 5.41 Å². The molecule has 0 spiro atoms. The summed E-state index contributed by atoms with van der Waals surface area (Å²) in [5, 5.41) is 63.1. The molecule has 0 bridgehead atoms. The third kappa shape index (κ3) is 14.8. The maximum absolute atomic E-state index is 14.0. The summed E-state index contributed by atoms with van der Waals surface area (Å²) in [6.45, 7) is 3.75. The summed E-state index contributed by atoms with van der Waals surface area (Å²) in [4.78, 5) is 77.4. The summed E-state index contributed by atoms with van der Waals surface area (Å²) >= 11 is 0. The molecule has 0 aliphatic rings. The van der Waals surface area contributed by atoms with E-state index >= 15 is 0 Å². The highest BCUT2D eigenvalue weighted by molar-refractivity contribution is 5.97. The van der Waals surface area contributed by atoms with E-state index in [1.54, 1.807) is 24.3 Å². The lowest BCUT2D eigenvalue weighted by molar-refractivity contribution is -0.288. The third-order valence-corrected chi connectivity index (χ3v) is 12.6. The second-order valence-corrected chi connectivity index (χ2v) is 18.6. The van der Waals surface area contributed by atoms with Crippen LogP contribution in [0.15, 0.2) is 127 Å². The van der Waals surface area contributed by atoms with Crippen LogP contribution in [0.25, 0.3) is 0 Å². The summed E-state index contributed by atoms with van der Waals surface area (Å²) in [7, 11) is 0. The predicted molar refractivity (Wildman–Crippen MR) is 297 cm³/mol. The van der Waals surface area contributed by atoms with Crippen LogP contribution in [-0.2, 0) is 17.3 Å². The van der Waals surface area contributed by atoms with E-state index in [0.717, 1.165) is 11.1 Å². The number of anilines is 8. The molecule has 442 valence electrons. The summed E-state index contributed by atoms with van der Waals surface area (Å²) < 4.78 is 84.2. The minimum Gasteiger partial charge on any atom is -0.478 e. The van der Waals surface area contributed by atoms with Gasteiger partial charge in [0, 0.05) is 50.9 Å². The average molecular weight is 1180 g/mol. The predicted octanol–water partition coefficient (Wildman–Crippen LogP) is 8.62. The number of carbonyl (C=O) groups is 7. The van der Waals surface area contributed by atoms with E-state index in [4.69, 9.17) is 71.4 Å². The molecule has 0 unspecified atom stereocenters. The van der Waals surface area contributed by atoms with Crippen LogP contribution in [0, 0.1) is 0 Å². The van der Waals surface area contributed by atoms with Gasteiger partial charge in [-0.2, -0.15) is 26.3 Å². The highest BCUT2D eigenvalue weighted by Gasteiger charge is 2.72. The Hall–Kier alpha value is -11.2. The Morgan fingerprint density at radius 3 is 0.821 bits per heavy atom. The van der Waals surface area contributed by atoms with Gasteiger partial charge in [0.1, 0.15) is 0 Å². The van der Waals surface area contributed by atoms with Crippen molar-refractivity contribution in [2.45, 2.75) is 43.5 Å². The number of nitrogens with two attached hydrogens (primary N) is 8. The first kappa shape index (κ1) is 65.3.